The second kappa shape index (κ2) is 54.2. The molecule has 0 fully saturated rings. The first-order valence-electron chi connectivity index (χ1n) is 27.6. The highest BCUT2D eigenvalue weighted by molar-refractivity contribution is 5.71. The molecule has 0 amide bonds. The fourth-order valence-corrected chi connectivity index (χ4v) is 7.47. The maximum absolute atomic E-state index is 12.8. The van der Waals surface area contributed by atoms with Crippen LogP contribution in [0.5, 0.6) is 0 Å². The van der Waals surface area contributed by atoms with E-state index in [0.29, 0.717) is 19.3 Å². The number of hydrogen-bond acceptors (Lipinski definition) is 6. The maximum atomic E-state index is 12.8. The SMILES string of the molecule is CC/C=C\C/C=C\C/C=C\C/C=C\C/C=C\CCCC(=O)O[C@H](COC(=O)CCCCCCC/C=C\CCCCC)COC(=O)CCCCCCCCC/C=C\CCCCCCCCCC. The standard InChI is InChI=1S/C60H102O6/c1-4-7-10-13-16-19-22-25-27-29-30-32-33-35-38-41-44-47-50-53-59(62)65-56-57(55-64-58(61)52-49-46-43-40-37-24-21-18-15-12-9-6-3)66-60(63)54-51-48-45-42-39-36-34-31-28-26-23-20-17-14-11-8-5-2/h8,11,17-18,20-21,26,28-30,34,36,42,45,57H,4-7,9-10,12-16,19,22-25,27,31-33,35,37-41,43-44,46-56H2,1-3H3/b11-8-,20-17-,21-18-,28-26-,30-29-,36-34-,45-42-/t57-/m1/s1. The molecule has 0 radical (unpaired) electrons. The average molecular weight is 919 g/mol. The van der Waals surface area contributed by atoms with Crippen LogP contribution in [-0.2, 0) is 28.6 Å². The Labute approximate surface area is 407 Å². The number of carbonyl (C=O) groups is 3. The van der Waals surface area contributed by atoms with Gasteiger partial charge in [0, 0.05) is 19.3 Å². The van der Waals surface area contributed by atoms with E-state index in [1.165, 1.54) is 122 Å². The molecule has 0 saturated carbocycles. The lowest BCUT2D eigenvalue weighted by Gasteiger charge is -2.18. The van der Waals surface area contributed by atoms with Crippen LogP contribution in [0.1, 0.15) is 258 Å². The molecule has 378 valence electrons. The van der Waals surface area contributed by atoms with Gasteiger partial charge in [0.25, 0.3) is 0 Å². The number of hydrogen-bond donors (Lipinski definition) is 0. The highest BCUT2D eigenvalue weighted by Gasteiger charge is 2.19. The van der Waals surface area contributed by atoms with Crippen LogP contribution in [-0.4, -0.2) is 37.2 Å². The highest BCUT2D eigenvalue weighted by atomic mass is 16.6. The van der Waals surface area contributed by atoms with Gasteiger partial charge < -0.3 is 14.2 Å². The van der Waals surface area contributed by atoms with Gasteiger partial charge in [-0.05, 0) is 109 Å². The van der Waals surface area contributed by atoms with Crippen LogP contribution in [0.25, 0.3) is 0 Å². The molecule has 0 aromatic rings. The van der Waals surface area contributed by atoms with Crippen molar-refractivity contribution < 1.29 is 28.6 Å². The van der Waals surface area contributed by atoms with E-state index in [9.17, 15) is 14.4 Å². The van der Waals surface area contributed by atoms with Crippen molar-refractivity contribution in [2.24, 2.45) is 0 Å². The van der Waals surface area contributed by atoms with Crippen LogP contribution >= 0.6 is 0 Å². The molecule has 0 bridgehead atoms. The molecule has 0 aliphatic carbocycles. The van der Waals surface area contributed by atoms with Crippen molar-refractivity contribution in [1.29, 1.82) is 0 Å². The van der Waals surface area contributed by atoms with E-state index in [2.05, 4.69) is 106 Å². The summed E-state index contributed by atoms with van der Waals surface area (Å²) in [6, 6.07) is 0. The van der Waals surface area contributed by atoms with Gasteiger partial charge in [-0.3, -0.25) is 14.4 Å². The van der Waals surface area contributed by atoms with Crippen molar-refractivity contribution in [1.82, 2.24) is 0 Å². The Bertz CT molecular complexity index is 1290. The molecule has 66 heavy (non-hydrogen) atoms. The summed E-state index contributed by atoms with van der Waals surface area (Å²) in [7, 11) is 0. The topological polar surface area (TPSA) is 78.9 Å². The second-order valence-corrected chi connectivity index (χ2v) is 18.1. The lowest BCUT2D eigenvalue weighted by Crippen LogP contribution is -2.30. The van der Waals surface area contributed by atoms with Crippen molar-refractivity contribution in [3.63, 3.8) is 0 Å². The van der Waals surface area contributed by atoms with Crippen LogP contribution in [0.2, 0.25) is 0 Å². The number of rotatable bonds is 49. The largest absolute Gasteiger partial charge is 0.462 e. The third-order valence-electron chi connectivity index (χ3n) is 11.6. The smallest absolute Gasteiger partial charge is 0.306 e. The van der Waals surface area contributed by atoms with Crippen LogP contribution in [0.4, 0.5) is 0 Å². The first-order chi connectivity index (χ1) is 32.5. The summed E-state index contributed by atoms with van der Waals surface area (Å²) < 4.78 is 16.8. The molecule has 0 aliphatic heterocycles. The van der Waals surface area contributed by atoms with Gasteiger partial charge in [0.05, 0.1) is 0 Å². The van der Waals surface area contributed by atoms with Gasteiger partial charge in [-0.1, -0.05) is 215 Å². The summed E-state index contributed by atoms with van der Waals surface area (Å²) in [4.78, 5) is 38.0. The zero-order valence-electron chi connectivity index (χ0n) is 43.2. The van der Waals surface area contributed by atoms with E-state index in [1.54, 1.807) is 0 Å². The molecule has 0 rings (SSSR count). The second-order valence-electron chi connectivity index (χ2n) is 18.1. The van der Waals surface area contributed by atoms with E-state index in [-0.39, 0.29) is 37.5 Å². The Hall–Kier alpha value is -3.41. The molecule has 0 aromatic heterocycles. The van der Waals surface area contributed by atoms with Crippen molar-refractivity contribution >= 4 is 17.9 Å². The predicted molar refractivity (Wildman–Crippen MR) is 284 cm³/mol. The minimum Gasteiger partial charge on any atom is -0.462 e. The summed E-state index contributed by atoms with van der Waals surface area (Å²) in [5.74, 6) is -0.974. The minimum atomic E-state index is -0.811. The Kier molecular flexibility index (Phi) is 51.4. The van der Waals surface area contributed by atoms with Gasteiger partial charge in [-0.2, -0.15) is 0 Å². The zero-order chi connectivity index (χ0) is 47.9. The summed E-state index contributed by atoms with van der Waals surface area (Å²) in [6.07, 6.45) is 70.1. The van der Waals surface area contributed by atoms with Crippen molar-refractivity contribution in [2.45, 2.75) is 264 Å². The van der Waals surface area contributed by atoms with Gasteiger partial charge in [0.2, 0.25) is 0 Å². The van der Waals surface area contributed by atoms with Gasteiger partial charge in [0.1, 0.15) is 13.2 Å². The summed E-state index contributed by atoms with van der Waals surface area (Å²) in [5, 5.41) is 0. The number of carbonyl (C=O) groups excluding carboxylic acids is 3. The molecule has 0 N–H and O–H groups in total. The third kappa shape index (κ3) is 51.6. The van der Waals surface area contributed by atoms with E-state index >= 15 is 0 Å². The summed E-state index contributed by atoms with van der Waals surface area (Å²) in [5.41, 5.74) is 0. The molecular formula is C60H102O6. The molecule has 0 aliphatic rings. The zero-order valence-corrected chi connectivity index (χ0v) is 43.2. The number of esters is 3. The third-order valence-corrected chi connectivity index (χ3v) is 11.6. The number of allylic oxidation sites excluding steroid dienone is 14. The molecule has 6 nitrogen and oxygen atoms in total. The molecule has 0 heterocycles. The Morgan fingerprint density at radius 1 is 0.318 bits per heavy atom. The molecule has 1 atom stereocenters. The average Bonchev–Trinajstić information content (AvgIpc) is 3.31. The fraction of sp³-hybridized carbons (Fsp3) is 0.717. The molecular weight excluding hydrogens is 817 g/mol. The molecule has 0 saturated heterocycles. The van der Waals surface area contributed by atoms with E-state index in [0.717, 1.165) is 89.9 Å². The number of unbranched alkanes of at least 4 members (excludes halogenated alkanes) is 24. The molecule has 0 spiro atoms. The van der Waals surface area contributed by atoms with Crippen molar-refractivity contribution in [3.8, 4) is 0 Å². The van der Waals surface area contributed by atoms with Gasteiger partial charge in [0.15, 0.2) is 6.10 Å². The lowest BCUT2D eigenvalue weighted by atomic mass is 10.1. The quantitative estimate of drug-likeness (QED) is 0.0262. The monoisotopic (exact) mass is 919 g/mol. The molecule has 0 unspecified atom stereocenters. The van der Waals surface area contributed by atoms with Crippen molar-refractivity contribution in [2.75, 3.05) is 13.2 Å². The van der Waals surface area contributed by atoms with E-state index in [1.807, 2.05) is 0 Å². The molecule has 6 heteroatoms. The van der Waals surface area contributed by atoms with Crippen molar-refractivity contribution in [3.05, 3.63) is 85.1 Å². The highest BCUT2D eigenvalue weighted by Crippen LogP contribution is 2.14. The summed E-state index contributed by atoms with van der Waals surface area (Å²) in [6.45, 7) is 6.45. The number of ether oxygens (including phenoxy) is 3. The van der Waals surface area contributed by atoms with E-state index < -0.39 is 6.10 Å². The van der Waals surface area contributed by atoms with Crippen LogP contribution in [0.15, 0.2) is 85.1 Å². The Morgan fingerprint density at radius 2 is 0.606 bits per heavy atom. The summed E-state index contributed by atoms with van der Waals surface area (Å²) >= 11 is 0. The maximum Gasteiger partial charge on any atom is 0.306 e. The molecule has 0 aromatic carbocycles. The van der Waals surface area contributed by atoms with E-state index in [4.69, 9.17) is 14.2 Å². The first kappa shape index (κ1) is 62.6. The van der Waals surface area contributed by atoms with Gasteiger partial charge in [-0.25, -0.2) is 0 Å². The Balaban J connectivity index is 4.45. The Morgan fingerprint density at radius 3 is 1.02 bits per heavy atom. The van der Waals surface area contributed by atoms with Crippen LogP contribution in [0, 0.1) is 0 Å². The fourth-order valence-electron chi connectivity index (χ4n) is 7.47. The van der Waals surface area contributed by atoms with Gasteiger partial charge >= 0.3 is 17.9 Å². The minimum absolute atomic E-state index is 0.104. The van der Waals surface area contributed by atoms with Crippen LogP contribution < -0.4 is 0 Å². The predicted octanol–water partition coefficient (Wildman–Crippen LogP) is 18.4. The lowest BCUT2D eigenvalue weighted by molar-refractivity contribution is -0.167. The normalized spacial score (nSPS) is 12.7. The first-order valence-corrected chi connectivity index (χ1v) is 27.6. The van der Waals surface area contributed by atoms with Gasteiger partial charge in [-0.15, -0.1) is 0 Å². The van der Waals surface area contributed by atoms with Crippen LogP contribution in [0.3, 0.4) is 0 Å².